The minimum Gasteiger partial charge on any atom is -0.356 e. The number of aromatic nitrogens is 1. The molecule has 0 radical (unpaired) electrons. The van der Waals surface area contributed by atoms with Crippen molar-refractivity contribution in [2.75, 3.05) is 18.0 Å². The number of amides is 4. The summed E-state index contributed by atoms with van der Waals surface area (Å²) in [6.45, 7) is 2.69. The van der Waals surface area contributed by atoms with Crippen molar-refractivity contribution in [2.24, 2.45) is 0 Å². The zero-order valence-corrected chi connectivity index (χ0v) is 21.0. The van der Waals surface area contributed by atoms with Crippen LogP contribution in [0.15, 0.2) is 72.8 Å². The molecule has 1 aromatic heterocycles. The number of H-pyrrole nitrogens is 1. The molecule has 3 heterocycles. The molecule has 1 fully saturated rings. The van der Waals surface area contributed by atoms with Gasteiger partial charge in [0.1, 0.15) is 0 Å². The van der Waals surface area contributed by atoms with Gasteiger partial charge in [0.15, 0.2) is 5.54 Å². The van der Waals surface area contributed by atoms with Gasteiger partial charge in [0.05, 0.1) is 11.4 Å². The first kappa shape index (κ1) is 23.3. The van der Waals surface area contributed by atoms with E-state index in [2.05, 4.69) is 10.3 Å². The minimum absolute atomic E-state index is 0.267. The van der Waals surface area contributed by atoms with Crippen molar-refractivity contribution in [2.45, 2.75) is 25.3 Å². The normalized spacial score (nSPS) is 18.8. The second-order valence-corrected chi connectivity index (χ2v) is 10.0. The van der Waals surface area contributed by atoms with Crippen molar-refractivity contribution in [1.29, 1.82) is 0 Å². The average molecular weight is 513 g/mol. The molecule has 0 spiro atoms. The summed E-state index contributed by atoms with van der Waals surface area (Å²) in [4.78, 5) is 46.5. The Morgan fingerprint density at radius 2 is 1.84 bits per heavy atom. The van der Waals surface area contributed by atoms with Gasteiger partial charge in [0, 0.05) is 34.6 Å². The summed E-state index contributed by atoms with van der Waals surface area (Å²) in [6.07, 6.45) is 1.32. The number of hydrogen-bond donors (Lipinski definition) is 2. The third kappa shape index (κ3) is 3.69. The first-order valence-electron chi connectivity index (χ1n) is 12.3. The number of rotatable bonds is 5. The lowest BCUT2D eigenvalue weighted by Crippen LogP contribution is -2.49. The number of nitrogens with one attached hydrogen (secondary N) is 2. The van der Waals surface area contributed by atoms with E-state index in [0.717, 1.165) is 27.7 Å². The molecule has 4 amide bonds. The predicted octanol–water partition coefficient (Wildman–Crippen LogP) is 5.03. The first-order valence-corrected chi connectivity index (χ1v) is 12.6. The summed E-state index contributed by atoms with van der Waals surface area (Å²) in [7, 11) is 0. The summed E-state index contributed by atoms with van der Waals surface area (Å²) >= 11 is 5.93. The van der Waals surface area contributed by atoms with Crippen LogP contribution >= 0.6 is 11.6 Å². The lowest BCUT2D eigenvalue weighted by Gasteiger charge is -2.35. The topological polar surface area (TPSA) is 85.5 Å². The van der Waals surface area contributed by atoms with Gasteiger partial charge >= 0.3 is 6.03 Å². The molecule has 1 saturated heterocycles. The summed E-state index contributed by atoms with van der Waals surface area (Å²) in [6, 6.07) is 21.7. The van der Waals surface area contributed by atoms with Crippen molar-refractivity contribution in [3.05, 3.63) is 100 Å². The second kappa shape index (κ2) is 8.78. The summed E-state index contributed by atoms with van der Waals surface area (Å²) in [5, 5.41) is 4.66. The number of para-hydroxylation sites is 1. The van der Waals surface area contributed by atoms with E-state index in [1.807, 2.05) is 48.5 Å². The highest BCUT2D eigenvalue weighted by atomic mass is 35.5. The van der Waals surface area contributed by atoms with E-state index in [0.29, 0.717) is 42.2 Å². The smallest absolute Gasteiger partial charge is 0.332 e. The van der Waals surface area contributed by atoms with Crippen LogP contribution in [0, 0.1) is 0 Å². The van der Waals surface area contributed by atoms with E-state index in [4.69, 9.17) is 11.6 Å². The van der Waals surface area contributed by atoms with Crippen molar-refractivity contribution in [3.8, 4) is 0 Å². The van der Waals surface area contributed by atoms with E-state index in [9.17, 15) is 14.4 Å². The molecular formula is C29H25ClN4O3. The Bertz CT molecular complexity index is 1560. The van der Waals surface area contributed by atoms with E-state index >= 15 is 0 Å². The zero-order chi connectivity index (χ0) is 25.7. The van der Waals surface area contributed by atoms with Gasteiger partial charge in [0.25, 0.3) is 11.8 Å². The number of halogens is 1. The van der Waals surface area contributed by atoms with Crippen LogP contribution in [0.1, 0.15) is 34.1 Å². The standard InChI is InChI=1S/C29H25ClN4O3/c1-29-25-23(22-7-2-3-8-24(22)32-25)14-16-33(29)28(37)34(27(29)36)21-6-4-5-19(17-21)26(35)31-15-13-18-9-11-20(30)12-10-18/h2-12,17,32H,13-16H2,1H3,(H,31,35). The number of hydrogen-bond acceptors (Lipinski definition) is 3. The number of carbonyl (C=O) groups excluding carboxylic acids is 3. The van der Waals surface area contributed by atoms with Crippen molar-refractivity contribution >= 4 is 46.0 Å². The second-order valence-electron chi connectivity index (χ2n) is 9.60. The molecule has 4 aromatic rings. The largest absolute Gasteiger partial charge is 0.356 e. The van der Waals surface area contributed by atoms with E-state index in [1.54, 1.807) is 36.1 Å². The fraction of sp³-hybridized carbons (Fsp3) is 0.207. The molecule has 2 aliphatic rings. The van der Waals surface area contributed by atoms with Crippen molar-refractivity contribution < 1.29 is 14.4 Å². The number of urea groups is 1. The van der Waals surface area contributed by atoms with Crippen LogP contribution in [-0.2, 0) is 23.2 Å². The Morgan fingerprint density at radius 1 is 1.05 bits per heavy atom. The highest BCUT2D eigenvalue weighted by molar-refractivity contribution is 6.30. The lowest BCUT2D eigenvalue weighted by atomic mass is 9.87. The Kier molecular flexibility index (Phi) is 5.53. The minimum atomic E-state index is -1.14. The van der Waals surface area contributed by atoms with Gasteiger partial charge in [-0.15, -0.1) is 0 Å². The monoisotopic (exact) mass is 512 g/mol. The van der Waals surface area contributed by atoms with Crippen molar-refractivity contribution in [1.82, 2.24) is 15.2 Å². The van der Waals surface area contributed by atoms with Crippen LogP contribution in [0.3, 0.4) is 0 Å². The Hall–Kier alpha value is -4.10. The molecule has 0 aliphatic carbocycles. The van der Waals surface area contributed by atoms with Gasteiger partial charge < -0.3 is 15.2 Å². The van der Waals surface area contributed by atoms with E-state index in [-0.39, 0.29) is 17.8 Å². The Balaban J connectivity index is 1.25. The number of nitrogens with zero attached hydrogens (tertiary/aromatic N) is 2. The number of carbonyl (C=O) groups is 3. The van der Waals surface area contributed by atoms with Gasteiger partial charge in [-0.05, 0) is 67.3 Å². The van der Waals surface area contributed by atoms with Gasteiger partial charge in [0.2, 0.25) is 0 Å². The number of anilines is 1. The fourth-order valence-corrected chi connectivity index (χ4v) is 5.61. The maximum atomic E-state index is 13.9. The molecule has 0 saturated carbocycles. The molecular weight excluding hydrogens is 488 g/mol. The number of imide groups is 1. The van der Waals surface area contributed by atoms with Gasteiger partial charge in [-0.25, -0.2) is 9.69 Å². The quantitative estimate of drug-likeness (QED) is 0.368. The van der Waals surface area contributed by atoms with Crippen LogP contribution in [0.4, 0.5) is 10.5 Å². The summed E-state index contributed by atoms with van der Waals surface area (Å²) in [5.41, 5.74) is 3.48. The third-order valence-electron chi connectivity index (χ3n) is 7.45. The summed E-state index contributed by atoms with van der Waals surface area (Å²) < 4.78 is 0. The third-order valence-corrected chi connectivity index (χ3v) is 7.70. The average Bonchev–Trinajstić information content (AvgIpc) is 3.38. The van der Waals surface area contributed by atoms with Crippen molar-refractivity contribution in [3.63, 3.8) is 0 Å². The predicted molar refractivity (Wildman–Crippen MR) is 143 cm³/mol. The number of aromatic amines is 1. The molecule has 2 N–H and O–H groups in total. The van der Waals surface area contributed by atoms with E-state index < -0.39 is 5.54 Å². The zero-order valence-electron chi connectivity index (χ0n) is 20.3. The molecule has 6 rings (SSSR count). The van der Waals surface area contributed by atoms with Crippen LogP contribution in [0.2, 0.25) is 5.02 Å². The fourth-order valence-electron chi connectivity index (χ4n) is 5.48. The van der Waals surface area contributed by atoms with Crippen LogP contribution in [-0.4, -0.2) is 40.8 Å². The number of fused-ring (bicyclic) bond motifs is 5. The lowest BCUT2D eigenvalue weighted by molar-refractivity contribution is -0.125. The first-order chi connectivity index (χ1) is 17.9. The summed E-state index contributed by atoms with van der Waals surface area (Å²) in [5.74, 6) is -0.595. The molecule has 1 atom stereocenters. The molecule has 2 aliphatic heterocycles. The molecule has 1 unspecified atom stereocenters. The number of benzene rings is 3. The highest BCUT2D eigenvalue weighted by Gasteiger charge is 2.59. The Labute approximate surface area is 219 Å². The molecule has 3 aromatic carbocycles. The van der Waals surface area contributed by atoms with Crippen LogP contribution in [0.25, 0.3) is 10.9 Å². The molecule has 7 nitrogen and oxygen atoms in total. The molecule has 0 bridgehead atoms. The molecule has 37 heavy (non-hydrogen) atoms. The van der Waals surface area contributed by atoms with Gasteiger partial charge in [-0.1, -0.05) is 48.0 Å². The van der Waals surface area contributed by atoms with Gasteiger partial charge in [-0.3, -0.25) is 9.59 Å². The van der Waals surface area contributed by atoms with Crippen LogP contribution in [0.5, 0.6) is 0 Å². The van der Waals surface area contributed by atoms with Crippen LogP contribution < -0.4 is 10.2 Å². The maximum absolute atomic E-state index is 13.9. The maximum Gasteiger partial charge on any atom is 0.332 e. The Morgan fingerprint density at radius 3 is 2.65 bits per heavy atom. The van der Waals surface area contributed by atoms with Gasteiger partial charge in [-0.2, -0.15) is 0 Å². The molecule has 186 valence electrons. The SMILES string of the molecule is CC12C(=O)N(c3cccc(C(=O)NCCc4ccc(Cl)cc4)c3)C(=O)N1CCc1c2[nH]c2ccccc12. The molecule has 8 heteroatoms. The van der Waals surface area contributed by atoms with E-state index in [1.165, 1.54) is 4.90 Å². The highest BCUT2D eigenvalue weighted by Crippen LogP contribution is 2.45.